The van der Waals surface area contributed by atoms with E-state index in [2.05, 4.69) is 5.43 Å². The Morgan fingerprint density at radius 3 is 2.77 bits per heavy atom. The van der Waals surface area contributed by atoms with E-state index in [1.54, 1.807) is 0 Å². The number of carbonyl (C=O) groups is 1. The lowest BCUT2D eigenvalue weighted by Crippen LogP contribution is -2.42. The quantitative estimate of drug-likeness (QED) is 0.409. The standard InChI is InChI=1S/C8H12FN3O/c1-8(7(10)13)3-2-5(12-11)4-6(8)9/h2-4,6,12H,11H2,1H3,(H2,10,13). The van der Waals surface area contributed by atoms with Crippen LogP contribution in [0.3, 0.4) is 0 Å². The Kier molecular flexibility index (Phi) is 2.38. The van der Waals surface area contributed by atoms with E-state index in [0.29, 0.717) is 5.70 Å². The minimum absolute atomic E-state index is 0.436. The van der Waals surface area contributed by atoms with Crippen molar-refractivity contribution < 1.29 is 9.18 Å². The molecular weight excluding hydrogens is 173 g/mol. The molecule has 0 aromatic heterocycles. The van der Waals surface area contributed by atoms with E-state index in [1.165, 1.54) is 25.2 Å². The van der Waals surface area contributed by atoms with Crippen molar-refractivity contribution >= 4 is 5.91 Å². The Bertz CT molecular complexity index is 287. The summed E-state index contributed by atoms with van der Waals surface area (Å²) in [5.41, 5.74) is 6.53. The van der Waals surface area contributed by atoms with Gasteiger partial charge >= 0.3 is 0 Å². The topological polar surface area (TPSA) is 81.1 Å². The van der Waals surface area contributed by atoms with Gasteiger partial charge in [-0.3, -0.25) is 10.6 Å². The minimum atomic E-state index is -1.44. The van der Waals surface area contributed by atoms with Crippen molar-refractivity contribution in [3.05, 3.63) is 23.9 Å². The van der Waals surface area contributed by atoms with Crippen molar-refractivity contribution in [3.63, 3.8) is 0 Å². The molecule has 1 aliphatic carbocycles. The van der Waals surface area contributed by atoms with E-state index in [0.717, 1.165) is 0 Å². The molecule has 0 aromatic carbocycles. The van der Waals surface area contributed by atoms with Crippen LogP contribution in [0, 0.1) is 5.41 Å². The molecule has 2 unspecified atom stereocenters. The van der Waals surface area contributed by atoms with E-state index in [4.69, 9.17) is 11.6 Å². The van der Waals surface area contributed by atoms with Crippen LogP contribution in [-0.2, 0) is 4.79 Å². The number of allylic oxidation sites excluding steroid dienone is 2. The lowest BCUT2D eigenvalue weighted by Gasteiger charge is -2.27. The van der Waals surface area contributed by atoms with Gasteiger partial charge in [-0.15, -0.1) is 0 Å². The Labute approximate surface area is 75.4 Å². The van der Waals surface area contributed by atoms with E-state index in [-0.39, 0.29) is 0 Å². The molecule has 0 radical (unpaired) electrons. The maximum Gasteiger partial charge on any atom is 0.230 e. The highest BCUT2D eigenvalue weighted by molar-refractivity contribution is 5.84. The summed E-state index contributed by atoms with van der Waals surface area (Å²) >= 11 is 0. The number of nitrogens with one attached hydrogen (secondary N) is 1. The number of hydrazine groups is 1. The van der Waals surface area contributed by atoms with Crippen LogP contribution in [0.15, 0.2) is 23.9 Å². The second kappa shape index (κ2) is 3.18. The Hall–Kier alpha value is -1.36. The molecule has 13 heavy (non-hydrogen) atoms. The zero-order valence-electron chi connectivity index (χ0n) is 7.25. The molecule has 0 spiro atoms. The lowest BCUT2D eigenvalue weighted by atomic mass is 9.81. The summed E-state index contributed by atoms with van der Waals surface area (Å²) in [7, 11) is 0. The van der Waals surface area contributed by atoms with Gasteiger partial charge in [0.15, 0.2) is 0 Å². The maximum absolute atomic E-state index is 13.4. The number of nitrogens with two attached hydrogens (primary N) is 2. The molecule has 1 rings (SSSR count). The summed E-state index contributed by atoms with van der Waals surface area (Å²) in [5.74, 6) is 4.39. The number of alkyl halides is 1. The summed E-state index contributed by atoms with van der Waals surface area (Å²) in [6.45, 7) is 1.44. The molecule has 0 saturated heterocycles. The number of amides is 1. The number of carbonyl (C=O) groups excluding carboxylic acids is 1. The molecule has 0 aromatic rings. The van der Waals surface area contributed by atoms with Crippen molar-refractivity contribution in [2.45, 2.75) is 13.1 Å². The summed E-state index contributed by atoms with van der Waals surface area (Å²) < 4.78 is 13.4. The predicted octanol–water partition coefficient (Wildman–Crippen LogP) is -0.267. The summed E-state index contributed by atoms with van der Waals surface area (Å²) in [4.78, 5) is 10.9. The highest BCUT2D eigenvalue weighted by Gasteiger charge is 2.38. The van der Waals surface area contributed by atoms with Gasteiger partial charge in [0.05, 0.1) is 5.41 Å². The van der Waals surface area contributed by atoms with Crippen molar-refractivity contribution in [1.29, 1.82) is 0 Å². The van der Waals surface area contributed by atoms with Crippen LogP contribution in [0.4, 0.5) is 4.39 Å². The third kappa shape index (κ3) is 1.55. The molecule has 1 aliphatic rings. The molecule has 1 amide bonds. The van der Waals surface area contributed by atoms with E-state index in [1.807, 2.05) is 0 Å². The van der Waals surface area contributed by atoms with E-state index in [9.17, 15) is 9.18 Å². The highest BCUT2D eigenvalue weighted by Crippen LogP contribution is 2.30. The minimum Gasteiger partial charge on any atom is -0.369 e. The van der Waals surface area contributed by atoms with Crippen LogP contribution in [0.1, 0.15) is 6.92 Å². The van der Waals surface area contributed by atoms with Crippen molar-refractivity contribution in [2.24, 2.45) is 17.0 Å². The molecule has 5 heteroatoms. The Morgan fingerprint density at radius 1 is 1.77 bits per heavy atom. The molecule has 0 heterocycles. The molecule has 5 N–H and O–H groups in total. The smallest absolute Gasteiger partial charge is 0.230 e. The number of rotatable bonds is 2. The summed E-state index contributed by atoms with van der Waals surface area (Å²) in [5, 5.41) is 0. The van der Waals surface area contributed by atoms with Gasteiger partial charge in [-0.2, -0.15) is 0 Å². The highest BCUT2D eigenvalue weighted by atomic mass is 19.1. The third-order valence-electron chi connectivity index (χ3n) is 2.21. The first-order valence-electron chi connectivity index (χ1n) is 3.82. The number of hydrogen-bond donors (Lipinski definition) is 3. The van der Waals surface area contributed by atoms with Crippen LogP contribution in [0.25, 0.3) is 0 Å². The van der Waals surface area contributed by atoms with Gasteiger partial charge in [0, 0.05) is 5.70 Å². The first kappa shape index (κ1) is 9.73. The zero-order valence-corrected chi connectivity index (χ0v) is 7.25. The Balaban J connectivity index is 2.94. The monoisotopic (exact) mass is 185 g/mol. The average Bonchev–Trinajstić information content (AvgIpc) is 2.09. The molecule has 0 bridgehead atoms. The van der Waals surface area contributed by atoms with Crippen LogP contribution in [0.5, 0.6) is 0 Å². The molecule has 4 nitrogen and oxygen atoms in total. The average molecular weight is 185 g/mol. The van der Waals surface area contributed by atoms with Gasteiger partial charge in [-0.25, -0.2) is 4.39 Å². The second-order valence-electron chi connectivity index (χ2n) is 3.15. The molecule has 0 saturated carbocycles. The van der Waals surface area contributed by atoms with Gasteiger partial charge in [-0.1, -0.05) is 6.08 Å². The van der Waals surface area contributed by atoms with Gasteiger partial charge in [0.2, 0.25) is 5.91 Å². The van der Waals surface area contributed by atoms with Crippen molar-refractivity contribution in [2.75, 3.05) is 0 Å². The van der Waals surface area contributed by atoms with Crippen LogP contribution < -0.4 is 17.0 Å². The van der Waals surface area contributed by atoms with Crippen molar-refractivity contribution in [1.82, 2.24) is 5.43 Å². The molecule has 0 aliphatic heterocycles. The molecule has 2 atom stereocenters. The normalized spacial score (nSPS) is 32.5. The summed E-state index contributed by atoms with van der Waals surface area (Å²) in [6.07, 6.45) is 2.72. The fourth-order valence-electron chi connectivity index (χ4n) is 1.06. The van der Waals surface area contributed by atoms with Crippen LogP contribution in [-0.4, -0.2) is 12.1 Å². The van der Waals surface area contributed by atoms with Crippen LogP contribution >= 0.6 is 0 Å². The van der Waals surface area contributed by atoms with E-state index < -0.39 is 17.5 Å². The van der Waals surface area contributed by atoms with Gasteiger partial charge in [0.25, 0.3) is 0 Å². The van der Waals surface area contributed by atoms with Crippen LogP contribution in [0.2, 0.25) is 0 Å². The molecular formula is C8H12FN3O. The van der Waals surface area contributed by atoms with Crippen molar-refractivity contribution in [3.8, 4) is 0 Å². The zero-order chi connectivity index (χ0) is 10.1. The maximum atomic E-state index is 13.4. The third-order valence-corrected chi connectivity index (χ3v) is 2.21. The fourth-order valence-corrected chi connectivity index (χ4v) is 1.06. The van der Waals surface area contributed by atoms with Gasteiger partial charge in [-0.05, 0) is 19.1 Å². The number of hydrogen-bond acceptors (Lipinski definition) is 3. The number of halogens is 1. The predicted molar refractivity (Wildman–Crippen MR) is 46.7 cm³/mol. The SMILES string of the molecule is CC1(C(N)=O)C=CC(NN)=CC1F. The Morgan fingerprint density at radius 2 is 2.38 bits per heavy atom. The summed E-state index contributed by atoms with van der Waals surface area (Å²) in [6, 6.07) is 0. The largest absolute Gasteiger partial charge is 0.369 e. The first-order chi connectivity index (χ1) is 6.00. The lowest BCUT2D eigenvalue weighted by molar-refractivity contribution is -0.126. The van der Waals surface area contributed by atoms with Gasteiger partial charge < -0.3 is 11.2 Å². The molecule has 0 fully saturated rings. The number of primary amides is 1. The molecule has 72 valence electrons. The fraction of sp³-hybridized carbons (Fsp3) is 0.375. The second-order valence-corrected chi connectivity index (χ2v) is 3.15. The van der Waals surface area contributed by atoms with E-state index >= 15 is 0 Å². The first-order valence-corrected chi connectivity index (χ1v) is 3.82. The van der Waals surface area contributed by atoms with Gasteiger partial charge in [0.1, 0.15) is 6.17 Å².